The lowest BCUT2D eigenvalue weighted by Crippen LogP contribution is -2.75. The number of thioether (sulfide) groups is 1. The van der Waals surface area contributed by atoms with E-state index in [1.54, 1.807) is 7.11 Å². The lowest BCUT2D eigenvalue weighted by molar-refractivity contribution is -0.0829. The van der Waals surface area contributed by atoms with Crippen molar-refractivity contribution < 1.29 is 39.8 Å². The van der Waals surface area contributed by atoms with Crippen LogP contribution in [-0.4, -0.2) is 129 Å². The van der Waals surface area contributed by atoms with E-state index in [1.807, 2.05) is 0 Å². The van der Waals surface area contributed by atoms with Crippen LogP contribution in [0, 0.1) is 11.8 Å². The first kappa shape index (κ1) is 36.9. The lowest BCUT2D eigenvalue weighted by Gasteiger charge is -2.49. The molecule has 13 unspecified atom stereocenters. The van der Waals surface area contributed by atoms with E-state index in [-0.39, 0.29) is 49.9 Å². The van der Waals surface area contributed by atoms with Crippen LogP contribution in [0.5, 0.6) is 0 Å². The Morgan fingerprint density at radius 1 is 0.935 bits per heavy atom. The predicted octanol–water partition coefficient (Wildman–Crippen LogP) is 2.07. The van der Waals surface area contributed by atoms with Gasteiger partial charge in [0, 0.05) is 43.3 Å². The number of morpholine rings is 1. The van der Waals surface area contributed by atoms with Gasteiger partial charge in [0.05, 0.1) is 41.7 Å². The van der Waals surface area contributed by atoms with Crippen molar-refractivity contribution in [1.29, 1.82) is 0 Å². The van der Waals surface area contributed by atoms with Gasteiger partial charge in [-0.05, 0) is 46.5 Å². The second-order valence-corrected chi connectivity index (χ2v) is 18.2. The summed E-state index contributed by atoms with van der Waals surface area (Å²) >= 11 is 1.34. The van der Waals surface area contributed by atoms with Gasteiger partial charge in [-0.2, -0.15) is 0 Å². The molecule has 46 heavy (non-hydrogen) atoms. The van der Waals surface area contributed by atoms with Gasteiger partial charge in [-0.1, -0.05) is 6.92 Å². The third kappa shape index (κ3) is 7.24. The Hall–Kier alpha value is -0.370. The molecule has 0 bridgehead atoms. The van der Waals surface area contributed by atoms with Crippen LogP contribution in [0.4, 0.5) is 22.0 Å². The summed E-state index contributed by atoms with van der Waals surface area (Å²) in [6.45, 7) is 7.93. The maximum atomic E-state index is 15.9. The van der Waals surface area contributed by atoms with E-state index in [4.69, 9.17) is 9.47 Å². The Bertz CT molecular complexity index is 1110. The van der Waals surface area contributed by atoms with Crippen molar-refractivity contribution in [3.8, 4) is 0 Å². The van der Waals surface area contributed by atoms with Crippen molar-refractivity contribution in [2.24, 2.45) is 11.8 Å². The zero-order chi connectivity index (χ0) is 33.6. The molecule has 5 N–H and O–H groups in total. The third-order valence-corrected chi connectivity index (χ3v) is 15.2. The SMILES string of the molecule is COC1C(NC2CC(C)NN2)NC(SC2CCC(S(=O)(=O)C(C)(C)C3C(F)C(F)C(C)C(F)C3F)CC2F)NC1N1CCOCC1. The summed E-state index contributed by atoms with van der Waals surface area (Å²) in [7, 11) is -2.74. The summed E-state index contributed by atoms with van der Waals surface area (Å²) in [5.41, 5.74) is 6.03. The zero-order valence-corrected chi connectivity index (χ0v) is 28.7. The van der Waals surface area contributed by atoms with E-state index in [1.165, 1.54) is 11.8 Å². The molecular weight excluding hydrogens is 655 g/mol. The van der Waals surface area contributed by atoms with Gasteiger partial charge < -0.3 is 9.47 Å². The van der Waals surface area contributed by atoms with E-state index in [0.717, 1.165) is 27.2 Å². The number of hydrogen-bond donors (Lipinski definition) is 5. The second-order valence-electron chi connectivity index (χ2n) is 14.1. The average molecular weight is 707 g/mol. The van der Waals surface area contributed by atoms with Gasteiger partial charge >= 0.3 is 0 Å². The summed E-state index contributed by atoms with van der Waals surface area (Å²) < 4.78 is 112. The minimum Gasteiger partial charge on any atom is -0.379 e. The summed E-state index contributed by atoms with van der Waals surface area (Å²) in [5.74, 6) is -3.57. The summed E-state index contributed by atoms with van der Waals surface area (Å²) in [5, 5.41) is 8.86. The molecule has 3 aliphatic heterocycles. The molecule has 3 saturated heterocycles. The topological polar surface area (TPSA) is 116 Å². The standard InChI is InChI=1S/C29H51F5N6O4S2/c1-14-12-19(39-38-14)35-26-25(43-5)27(40-8-10-44-11-9-40)37-28(36-26)45-18-7-6-16(13-17(18)30)46(41,42)29(3,4)20-23(33)21(31)15(2)22(32)24(20)34/h14-28,35-39H,6-13H2,1-5H3. The Balaban J connectivity index is 1.27. The van der Waals surface area contributed by atoms with E-state index >= 15 is 13.2 Å². The molecule has 268 valence electrons. The van der Waals surface area contributed by atoms with E-state index in [9.17, 15) is 17.2 Å². The van der Waals surface area contributed by atoms with Gasteiger partial charge in [-0.15, -0.1) is 11.8 Å². The first-order valence-electron chi connectivity index (χ1n) is 16.4. The molecular formula is C29H51F5N6O4S2. The highest BCUT2D eigenvalue weighted by Gasteiger charge is 2.61. The van der Waals surface area contributed by atoms with Crippen molar-refractivity contribution in [1.82, 2.24) is 31.7 Å². The fraction of sp³-hybridized carbons (Fsp3) is 1.00. The summed E-state index contributed by atoms with van der Waals surface area (Å²) in [4.78, 5) is 2.24. The molecule has 2 saturated carbocycles. The number of nitrogens with one attached hydrogen (secondary N) is 5. The first-order valence-corrected chi connectivity index (χ1v) is 18.9. The number of sulfone groups is 1. The zero-order valence-electron chi connectivity index (χ0n) is 27.1. The van der Waals surface area contributed by atoms with Gasteiger partial charge in [0.1, 0.15) is 42.5 Å². The number of ether oxygens (including phenoxy) is 2. The van der Waals surface area contributed by atoms with Crippen molar-refractivity contribution >= 4 is 21.6 Å². The predicted molar refractivity (Wildman–Crippen MR) is 167 cm³/mol. The van der Waals surface area contributed by atoms with Crippen molar-refractivity contribution in [2.45, 2.75) is 136 Å². The Morgan fingerprint density at radius 3 is 2.15 bits per heavy atom. The molecule has 2 aliphatic carbocycles. The Kier molecular flexibility index (Phi) is 11.9. The molecule has 0 radical (unpaired) electrons. The summed E-state index contributed by atoms with van der Waals surface area (Å²) in [6.07, 6.45) is -11.3. The number of hydrogen-bond acceptors (Lipinski definition) is 11. The monoisotopic (exact) mass is 706 g/mol. The van der Waals surface area contributed by atoms with E-state index in [2.05, 4.69) is 38.6 Å². The van der Waals surface area contributed by atoms with E-state index in [0.29, 0.717) is 26.3 Å². The minimum absolute atomic E-state index is 0.0299. The lowest BCUT2D eigenvalue weighted by atomic mass is 9.72. The first-order chi connectivity index (χ1) is 21.7. The van der Waals surface area contributed by atoms with Crippen LogP contribution >= 0.6 is 11.8 Å². The molecule has 0 spiro atoms. The highest BCUT2D eigenvalue weighted by atomic mass is 32.2. The van der Waals surface area contributed by atoms with Crippen LogP contribution < -0.4 is 26.8 Å². The fourth-order valence-electron chi connectivity index (χ4n) is 7.81. The van der Waals surface area contributed by atoms with E-state index < -0.39 is 73.3 Å². The molecule has 17 heteroatoms. The number of methoxy groups -OCH3 is 1. The van der Waals surface area contributed by atoms with Gasteiger partial charge in [-0.3, -0.25) is 26.3 Å². The largest absolute Gasteiger partial charge is 0.379 e. The van der Waals surface area contributed by atoms with Crippen LogP contribution in [0.3, 0.4) is 0 Å². The Labute approximate surface area is 273 Å². The number of rotatable bonds is 9. The highest BCUT2D eigenvalue weighted by Crippen LogP contribution is 2.48. The van der Waals surface area contributed by atoms with Crippen LogP contribution in [0.1, 0.15) is 53.4 Å². The molecule has 5 fully saturated rings. The van der Waals surface area contributed by atoms with Gasteiger partial charge in [0.25, 0.3) is 0 Å². The maximum Gasteiger partial charge on any atom is 0.158 e. The molecule has 0 aromatic heterocycles. The average Bonchev–Trinajstić information content (AvgIpc) is 3.44. The molecule has 0 amide bonds. The molecule has 0 aromatic rings. The van der Waals surface area contributed by atoms with Crippen LogP contribution in [-0.2, 0) is 19.3 Å². The highest BCUT2D eigenvalue weighted by molar-refractivity contribution is 8.00. The van der Waals surface area contributed by atoms with Gasteiger partial charge in [0.2, 0.25) is 0 Å². The third-order valence-electron chi connectivity index (χ3n) is 10.7. The molecule has 10 nitrogen and oxygen atoms in total. The molecule has 5 aliphatic rings. The maximum absolute atomic E-state index is 15.9. The summed E-state index contributed by atoms with van der Waals surface area (Å²) in [6, 6.07) is 0.272. The molecule has 3 heterocycles. The number of halogens is 5. The number of nitrogens with zero attached hydrogens (tertiary/aromatic N) is 1. The minimum atomic E-state index is -4.39. The normalized spacial score (nSPS) is 46.8. The van der Waals surface area contributed by atoms with Gasteiger partial charge in [-0.25, -0.2) is 35.8 Å². The van der Waals surface area contributed by atoms with Crippen molar-refractivity contribution in [2.75, 3.05) is 33.4 Å². The van der Waals surface area contributed by atoms with Crippen LogP contribution in [0.25, 0.3) is 0 Å². The smallest absolute Gasteiger partial charge is 0.158 e. The van der Waals surface area contributed by atoms with Crippen molar-refractivity contribution in [3.63, 3.8) is 0 Å². The second kappa shape index (κ2) is 14.9. The van der Waals surface area contributed by atoms with Gasteiger partial charge in [0.15, 0.2) is 9.84 Å². The molecule has 5 rings (SSSR count). The number of hydrazine groups is 1. The fourth-order valence-corrected chi connectivity index (χ4v) is 11.5. The van der Waals surface area contributed by atoms with Crippen LogP contribution in [0.2, 0.25) is 0 Å². The molecule has 0 aromatic carbocycles. The van der Waals surface area contributed by atoms with Crippen LogP contribution in [0.15, 0.2) is 0 Å². The number of alkyl halides is 5. The van der Waals surface area contributed by atoms with Crippen molar-refractivity contribution in [3.05, 3.63) is 0 Å². The quantitative estimate of drug-likeness (QED) is 0.227. The molecule has 13 atom stereocenters. The Morgan fingerprint density at radius 2 is 1.59 bits per heavy atom.